The molecule has 4 aromatic rings. The number of nitrogens with zero attached hydrogens (tertiary/aromatic N) is 3. The summed E-state index contributed by atoms with van der Waals surface area (Å²) in [7, 11) is 0. The van der Waals surface area contributed by atoms with Gasteiger partial charge in [-0.25, -0.2) is 0 Å². The summed E-state index contributed by atoms with van der Waals surface area (Å²) in [4.78, 5) is 50.3. The normalized spacial score (nSPS) is 18.2. The highest BCUT2D eigenvalue weighted by molar-refractivity contribution is 6.48. The Labute approximate surface area is 210 Å². The van der Waals surface area contributed by atoms with Crippen molar-refractivity contribution in [3.8, 4) is 0 Å². The number of aromatic nitrogens is 1. The molecule has 2 amide bonds. The number of furan rings is 1. The maximum atomic E-state index is 13.4. The van der Waals surface area contributed by atoms with Crippen LogP contribution in [0.15, 0.2) is 101 Å². The molecule has 178 valence electrons. The van der Waals surface area contributed by atoms with Crippen molar-refractivity contribution in [2.24, 2.45) is 4.99 Å². The number of ketones is 1. The number of pyridine rings is 1. The molecular formula is C29H18N4O4. The lowest BCUT2D eigenvalue weighted by Crippen LogP contribution is -2.35. The number of rotatable bonds is 4. The molecule has 8 nitrogen and oxygen atoms in total. The van der Waals surface area contributed by atoms with Crippen molar-refractivity contribution in [1.82, 2.24) is 10.3 Å². The molecular weight excluding hydrogens is 468 g/mol. The van der Waals surface area contributed by atoms with Crippen molar-refractivity contribution in [1.29, 1.82) is 0 Å². The number of para-hydroxylation sites is 2. The first-order valence-corrected chi connectivity index (χ1v) is 11.8. The van der Waals surface area contributed by atoms with Gasteiger partial charge >= 0.3 is 0 Å². The van der Waals surface area contributed by atoms with E-state index in [1.807, 2.05) is 35.2 Å². The maximum Gasteiger partial charge on any atom is 0.261 e. The monoisotopic (exact) mass is 486 g/mol. The summed E-state index contributed by atoms with van der Waals surface area (Å²) in [5.74, 6) is -1.09. The van der Waals surface area contributed by atoms with Gasteiger partial charge in [0.05, 0.1) is 28.8 Å². The Morgan fingerprint density at radius 2 is 1.81 bits per heavy atom. The van der Waals surface area contributed by atoms with Crippen LogP contribution in [0.3, 0.4) is 0 Å². The molecule has 0 bridgehead atoms. The number of fused-ring (bicyclic) bond motifs is 1. The van der Waals surface area contributed by atoms with Gasteiger partial charge in [-0.15, -0.1) is 0 Å². The SMILES string of the molecule is O=C1NC(=O)C(c2cccc3ccoc23)=C1C1=NC=CN2c3c(cccc31)CC2C(=O)c1cccnc1. The lowest BCUT2D eigenvalue weighted by Gasteiger charge is -2.23. The second-order valence-corrected chi connectivity index (χ2v) is 9.00. The minimum Gasteiger partial charge on any atom is -0.464 e. The van der Waals surface area contributed by atoms with Gasteiger partial charge in [0.15, 0.2) is 5.78 Å². The van der Waals surface area contributed by atoms with Gasteiger partial charge in [-0.2, -0.15) is 0 Å². The largest absolute Gasteiger partial charge is 0.464 e. The summed E-state index contributed by atoms with van der Waals surface area (Å²) in [5.41, 5.74) is 4.75. The molecule has 3 aliphatic heterocycles. The van der Waals surface area contributed by atoms with Crippen LogP contribution < -0.4 is 10.2 Å². The lowest BCUT2D eigenvalue weighted by atomic mass is 9.92. The van der Waals surface area contributed by atoms with Crippen LogP contribution in [0, 0.1) is 0 Å². The van der Waals surface area contributed by atoms with Gasteiger partial charge in [-0.3, -0.25) is 29.7 Å². The number of carbonyl (C=O) groups excluding carboxylic acids is 3. The topological polar surface area (TPSA) is 105 Å². The van der Waals surface area contributed by atoms with Crippen LogP contribution >= 0.6 is 0 Å². The summed E-state index contributed by atoms with van der Waals surface area (Å²) < 4.78 is 5.67. The molecule has 8 heteroatoms. The summed E-state index contributed by atoms with van der Waals surface area (Å²) in [5, 5.41) is 3.26. The van der Waals surface area contributed by atoms with E-state index in [0.717, 1.165) is 16.6 Å². The minimum absolute atomic E-state index is 0.0541. The van der Waals surface area contributed by atoms with E-state index in [2.05, 4.69) is 15.3 Å². The van der Waals surface area contributed by atoms with E-state index in [9.17, 15) is 14.4 Å². The predicted octanol–water partition coefficient (Wildman–Crippen LogP) is 3.83. The number of amides is 2. The zero-order chi connectivity index (χ0) is 25.1. The molecule has 37 heavy (non-hydrogen) atoms. The van der Waals surface area contributed by atoms with E-state index in [-0.39, 0.29) is 16.9 Å². The van der Waals surface area contributed by atoms with Crippen LogP contribution in [0.1, 0.15) is 27.0 Å². The molecule has 5 heterocycles. The zero-order valence-electron chi connectivity index (χ0n) is 19.3. The molecule has 0 saturated heterocycles. The van der Waals surface area contributed by atoms with Crippen LogP contribution in [0.4, 0.5) is 5.69 Å². The van der Waals surface area contributed by atoms with Crippen molar-refractivity contribution in [2.75, 3.05) is 4.90 Å². The van der Waals surface area contributed by atoms with Gasteiger partial charge in [0, 0.05) is 53.3 Å². The Bertz CT molecular complexity index is 1750. The molecule has 1 atom stereocenters. The summed E-state index contributed by atoms with van der Waals surface area (Å²) in [6.07, 6.45) is 8.57. The molecule has 2 aromatic heterocycles. The highest BCUT2D eigenvalue weighted by atomic mass is 16.3. The van der Waals surface area contributed by atoms with Crippen LogP contribution in [-0.4, -0.2) is 34.3 Å². The number of hydrogen-bond donors (Lipinski definition) is 1. The highest BCUT2D eigenvalue weighted by Crippen LogP contribution is 2.41. The first-order chi connectivity index (χ1) is 18.1. The molecule has 0 saturated carbocycles. The van der Waals surface area contributed by atoms with Crippen LogP contribution in [-0.2, 0) is 16.0 Å². The van der Waals surface area contributed by atoms with E-state index in [0.29, 0.717) is 34.4 Å². The number of imide groups is 1. The Morgan fingerprint density at radius 3 is 2.68 bits per heavy atom. The fraction of sp³-hybridized carbons (Fsp3) is 0.0690. The number of nitrogens with one attached hydrogen (secondary N) is 1. The Morgan fingerprint density at radius 1 is 0.973 bits per heavy atom. The third-order valence-electron chi connectivity index (χ3n) is 6.98. The van der Waals surface area contributed by atoms with E-state index < -0.39 is 17.9 Å². The van der Waals surface area contributed by atoms with Crippen molar-refractivity contribution in [2.45, 2.75) is 12.5 Å². The molecule has 0 spiro atoms. The summed E-state index contributed by atoms with van der Waals surface area (Å²) in [6.45, 7) is 0. The van der Waals surface area contributed by atoms with Crippen LogP contribution in [0.25, 0.3) is 16.5 Å². The fourth-order valence-electron chi connectivity index (χ4n) is 5.39. The van der Waals surface area contributed by atoms with Crippen molar-refractivity contribution < 1.29 is 18.8 Å². The van der Waals surface area contributed by atoms with Gasteiger partial charge in [-0.05, 0) is 23.8 Å². The molecule has 1 unspecified atom stereocenters. The van der Waals surface area contributed by atoms with E-state index in [1.54, 1.807) is 55.3 Å². The summed E-state index contributed by atoms with van der Waals surface area (Å²) >= 11 is 0. The van der Waals surface area contributed by atoms with Gasteiger partial charge < -0.3 is 9.32 Å². The third kappa shape index (κ3) is 3.12. The molecule has 3 aliphatic rings. The smallest absolute Gasteiger partial charge is 0.261 e. The molecule has 0 fully saturated rings. The Balaban J connectivity index is 1.39. The lowest BCUT2D eigenvalue weighted by molar-refractivity contribution is -0.123. The van der Waals surface area contributed by atoms with Crippen molar-refractivity contribution >= 4 is 45.5 Å². The molecule has 7 rings (SSSR count). The predicted molar refractivity (Wildman–Crippen MR) is 137 cm³/mol. The van der Waals surface area contributed by atoms with Crippen molar-refractivity contribution in [3.63, 3.8) is 0 Å². The first kappa shape index (κ1) is 21.2. The highest BCUT2D eigenvalue weighted by Gasteiger charge is 2.41. The zero-order valence-corrected chi connectivity index (χ0v) is 19.3. The third-order valence-corrected chi connectivity index (χ3v) is 6.98. The Kier molecular flexibility index (Phi) is 4.56. The van der Waals surface area contributed by atoms with Gasteiger partial charge in [0.2, 0.25) is 0 Å². The first-order valence-electron chi connectivity index (χ1n) is 11.8. The number of benzene rings is 2. The Hall–Kier alpha value is -5.11. The van der Waals surface area contributed by atoms with Crippen molar-refractivity contribution in [3.05, 3.63) is 113 Å². The molecule has 0 radical (unpaired) electrons. The maximum absolute atomic E-state index is 13.4. The molecule has 1 N–H and O–H groups in total. The van der Waals surface area contributed by atoms with E-state index in [4.69, 9.17) is 4.42 Å². The van der Waals surface area contributed by atoms with Crippen LogP contribution in [0.5, 0.6) is 0 Å². The number of anilines is 1. The average Bonchev–Trinajstić information content (AvgIpc) is 3.58. The second-order valence-electron chi connectivity index (χ2n) is 9.00. The van der Waals surface area contributed by atoms with Crippen LogP contribution in [0.2, 0.25) is 0 Å². The second kappa shape index (κ2) is 7.96. The average molecular weight is 486 g/mol. The number of aliphatic imine (C=N–C) groups is 1. The van der Waals surface area contributed by atoms with Gasteiger partial charge in [-0.1, -0.05) is 36.4 Å². The quantitative estimate of drug-likeness (QED) is 0.347. The van der Waals surface area contributed by atoms with Gasteiger partial charge in [0.25, 0.3) is 11.8 Å². The fourth-order valence-corrected chi connectivity index (χ4v) is 5.39. The minimum atomic E-state index is -0.525. The van der Waals surface area contributed by atoms with E-state index >= 15 is 0 Å². The number of carbonyl (C=O) groups is 3. The van der Waals surface area contributed by atoms with E-state index in [1.165, 1.54) is 0 Å². The number of Topliss-reactive ketones (excluding diaryl/α,β-unsaturated/α-hetero) is 1. The summed E-state index contributed by atoms with van der Waals surface area (Å²) in [6, 6.07) is 16.0. The number of hydrogen-bond acceptors (Lipinski definition) is 7. The molecule has 2 aromatic carbocycles. The molecule has 0 aliphatic carbocycles. The van der Waals surface area contributed by atoms with Gasteiger partial charge in [0.1, 0.15) is 11.6 Å². The standard InChI is InChI=1S/C29H18N4O4/c34-26(18-6-3-10-30-15-18)21-14-17-5-2-8-20-24(31-11-12-33(21)25(17)20)23-22(28(35)32-29(23)36)19-7-1-4-16-9-13-37-27(16)19/h1-13,15,21H,14H2,(H,32,35,36).